The van der Waals surface area contributed by atoms with E-state index in [9.17, 15) is 13.2 Å². The fourth-order valence-corrected chi connectivity index (χ4v) is 3.57. The normalized spacial score (nSPS) is 12.1. The van der Waals surface area contributed by atoms with Crippen LogP contribution >= 0.6 is 11.6 Å². The van der Waals surface area contributed by atoms with Crippen molar-refractivity contribution >= 4 is 23.1 Å². The average molecular weight is 546 g/mol. The summed E-state index contributed by atoms with van der Waals surface area (Å²) in [5.41, 5.74) is 7.89. The molecule has 1 atom stereocenters. The van der Waals surface area contributed by atoms with Crippen LogP contribution in [0.25, 0.3) is 11.4 Å². The number of nitrogens with one attached hydrogen (secondary N) is 1. The molecule has 0 aromatic carbocycles. The molecule has 0 spiro atoms. The molecular formula is C24H23ClF3N9O. The van der Waals surface area contributed by atoms with Crippen LogP contribution in [0.4, 0.5) is 24.7 Å². The Kier molecular flexibility index (Phi) is 8.02. The van der Waals surface area contributed by atoms with Gasteiger partial charge in [-0.15, -0.1) is 0 Å². The van der Waals surface area contributed by atoms with Crippen LogP contribution < -0.4 is 15.8 Å². The van der Waals surface area contributed by atoms with E-state index in [1.807, 2.05) is 6.92 Å². The summed E-state index contributed by atoms with van der Waals surface area (Å²) in [6, 6.07) is 3.16. The standard InChI is InChI=1S/C24H23ClF3N9O/c1-15(6-8-38-23-18(12-32-36(23)2)22-30-7-5-21(29)35-22)34-19-9-20(25)31-11-17(19)4-3-16-10-33-37(13-16)14-24(26,27)28/h5,7,9-13,15H,6,8,14H2,1-2H3,(H,31,34)(H2,29,30,35)/t15-/m1/s1. The molecule has 0 saturated heterocycles. The van der Waals surface area contributed by atoms with Crippen LogP contribution in [-0.2, 0) is 13.6 Å². The van der Waals surface area contributed by atoms with Crippen LogP contribution in [0.1, 0.15) is 24.5 Å². The van der Waals surface area contributed by atoms with E-state index in [1.54, 1.807) is 36.3 Å². The summed E-state index contributed by atoms with van der Waals surface area (Å²) in [7, 11) is 1.75. The summed E-state index contributed by atoms with van der Waals surface area (Å²) in [4.78, 5) is 12.5. The number of rotatable bonds is 8. The maximum absolute atomic E-state index is 12.6. The average Bonchev–Trinajstić information content (AvgIpc) is 3.43. The first-order chi connectivity index (χ1) is 18.1. The van der Waals surface area contributed by atoms with Gasteiger partial charge in [0.15, 0.2) is 5.82 Å². The zero-order chi connectivity index (χ0) is 27.3. The fraction of sp³-hybridized carbons (Fsp3) is 0.292. The lowest BCUT2D eigenvalue weighted by molar-refractivity contribution is -0.142. The van der Waals surface area contributed by atoms with Crippen molar-refractivity contribution in [3.05, 3.63) is 59.4 Å². The Hall–Kier alpha value is -4.31. The number of anilines is 2. The monoisotopic (exact) mass is 545 g/mol. The molecule has 0 unspecified atom stereocenters. The van der Waals surface area contributed by atoms with Crippen LogP contribution in [-0.4, -0.2) is 53.3 Å². The van der Waals surface area contributed by atoms with Gasteiger partial charge in [0.05, 0.1) is 35.8 Å². The Morgan fingerprint density at radius 3 is 2.76 bits per heavy atom. The summed E-state index contributed by atoms with van der Waals surface area (Å²) < 4.78 is 46.1. The molecule has 0 radical (unpaired) electrons. The Bertz CT molecular complexity index is 1470. The zero-order valence-corrected chi connectivity index (χ0v) is 21.1. The SMILES string of the molecule is C[C@H](CCOc1c(-c2nccc(N)n2)cnn1C)Nc1cc(Cl)ncc1C#Cc1cnn(CC(F)(F)F)c1. The number of aromatic nitrogens is 7. The molecule has 38 heavy (non-hydrogen) atoms. The van der Waals surface area contributed by atoms with Crippen molar-refractivity contribution in [2.24, 2.45) is 7.05 Å². The molecule has 3 N–H and O–H groups in total. The van der Waals surface area contributed by atoms with Gasteiger partial charge in [-0.25, -0.2) is 19.6 Å². The number of alkyl halides is 3. The Morgan fingerprint density at radius 1 is 1.18 bits per heavy atom. The van der Waals surface area contributed by atoms with Gasteiger partial charge in [0.1, 0.15) is 23.1 Å². The second-order valence-corrected chi connectivity index (χ2v) is 8.71. The fourth-order valence-electron chi connectivity index (χ4n) is 3.41. The maximum atomic E-state index is 12.6. The van der Waals surface area contributed by atoms with Crippen LogP contribution in [0.3, 0.4) is 0 Å². The number of ether oxygens (including phenoxy) is 1. The van der Waals surface area contributed by atoms with E-state index in [0.29, 0.717) is 52.9 Å². The van der Waals surface area contributed by atoms with Crippen LogP contribution in [0.15, 0.2) is 43.1 Å². The second-order valence-electron chi connectivity index (χ2n) is 8.32. The number of halogens is 4. The molecule has 0 aliphatic rings. The van der Waals surface area contributed by atoms with Crippen molar-refractivity contribution < 1.29 is 17.9 Å². The van der Waals surface area contributed by atoms with E-state index < -0.39 is 12.7 Å². The minimum Gasteiger partial charge on any atom is -0.477 e. The number of hydrogen-bond acceptors (Lipinski definition) is 8. The molecule has 4 aromatic heterocycles. The van der Waals surface area contributed by atoms with Crippen molar-refractivity contribution in [3.8, 4) is 29.1 Å². The van der Waals surface area contributed by atoms with Crippen LogP contribution in [0, 0.1) is 11.8 Å². The number of nitrogens with zero attached hydrogens (tertiary/aromatic N) is 7. The van der Waals surface area contributed by atoms with E-state index in [2.05, 4.69) is 42.3 Å². The molecule has 198 valence electrons. The van der Waals surface area contributed by atoms with Gasteiger partial charge in [-0.3, -0.25) is 4.68 Å². The molecule has 4 rings (SSSR count). The smallest absolute Gasteiger partial charge is 0.408 e. The van der Waals surface area contributed by atoms with Gasteiger partial charge in [-0.05, 0) is 19.1 Å². The lowest BCUT2D eigenvalue weighted by atomic mass is 10.2. The molecule has 14 heteroatoms. The number of hydrogen-bond donors (Lipinski definition) is 2. The first-order valence-electron chi connectivity index (χ1n) is 11.3. The van der Waals surface area contributed by atoms with E-state index in [-0.39, 0.29) is 11.2 Å². The maximum Gasteiger partial charge on any atom is 0.408 e. The minimum atomic E-state index is -4.37. The minimum absolute atomic E-state index is 0.0659. The largest absolute Gasteiger partial charge is 0.477 e. The summed E-state index contributed by atoms with van der Waals surface area (Å²) in [5, 5.41) is 11.5. The molecule has 0 aliphatic carbocycles. The highest BCUT2D eigenvalue weighted by Crippen LogP contribution is 2.27. The second kappa shape index (κ2) is 11.4. The Balaban J connectivity index is 1.40. The third kappa shape index (κ3) is 7.13. The lowest BCUT2D eigenvalue weighted by Crippen LogP contribution is -2.19. The first kappa shape index (κ1) is 26.7. The van der Waals surface area contributed by atoms with Gasteiger partial charge in [-0.2, -0.15) is 23.4 Å². The van der Waals surface area contributed by atoms with Crippen molar-refractivity contribution in [1.82, 2.24) is 34.5 Å². The third-order valence-corrected chi connectivity index (χ3v) is 5.39. The topological polar surface area (TPSA) is 122 Å². The van der Waals surface area contributed by atoms with Crippen molar-refractivity contribution in [1.29, 1.82) is 0 Å². The van der Waals surface area contributed by atoms with Gasteiger partial charge in [-0.1, -0.05) is 23.4 Å². The van der Waals surface area contributed by atoms with E-state index >= 15 is 0 Å². The Labute approximate surface area is 221 Å². The summed E-state index contributed by atoms with van der Waals surface area (Å²) >= 11 is 6.08. The molecule has 4 heterocycles. The molecule has 0 bridgehead atoms. The predicted octanol–water partition coefficient (Wildman–Crippen LogP) is 3.94. The highest BCUT2D eigenvalue weighted by Gasteiger charge is 2.28. The summed E-state index contributed by atoms with van der Waals surface area (Å²) in [6.45, 7) is 1.12. The molecule has 10 nitrogen and oxygen atoms in total. The molecular weight excluding hydrogens is 523 g/mol. The predicted molar refractivity (Wildman–Crippen MR) is 135 cm³/mol. The van der Waals surface area contributed by atoms with Crippen LogP contribution in [0.5, 0.6) is 5.88 Å². The van der Waals surface area contributed by atoms with Gasteiger partial charge < -0.3 is 15.8 Å². The molecule has 0 fully saturated rings. The van der Waals surface area contributed by atoms with Crippen molar-refractivity contribution in [2.75, 3.05) is 17.7 Å². The highest BCUT2D eigenvalue weighted by atomic mass is 35.5. The van der Waals surface area contributed by atoms with Crippen molar-refractivity contribution in [2.45, 2.75) is 32.1 Å². The summed E-state index contributed by atoms with van der Waals surface area (Å²) in [5.74, 6) is 7.00. The van der Waals surface area contributed by atoms with E-state index in [0.717, 1.165) is 4.68 Å². The Morgan fingerprint density at radius 2 is 2.00 bits per heavy atom. The quantitative estimate of drug-likeness (QED) is 0.252. The first-order valence-corrected chi connectivity index (χ1v) is 11.7. The molecule has 0 aliphatic heterocycles. The zero-order valence-electron chi connectivity index (χ0n) is 20.4. The number of nitrogen functional groups attached to an aromatic ring is 1. The van der Waals surface area contributed by atoms with E-state index in [4.69, 9.17) is 22.1 Å². The van der Waals surface area contributed by atoms with E-state index in [1.165, 1.54) is 18.6 Å². The number of pyridine rings is 1. The van der Waals surface area contributed by atoms with Gasteiger partial charge in [0, 0.05) is 38.1 Å². The molecule has 0 saturated carbocycles. The molecule has 4 aromatic rings. The summed E-state index contributed by atoms with van der Waals surface area (Å²) in [6.07, 6.45) is 3.41. The van der Waals surface area contributed by atoms with Crippen LogP contribution in [0.2, 0.25) is 5.15 Å². The third-order valence-electron chi connectivity index (χ3n) is 5.18. The van der Waals surface area contributed by atoms with Crippen molar-refractivity contribution in [3.63, 3.8) is 0 Å². The highest BCUT2D eigenvalue weighted by molar-refractivity contribution is 6.29. The van der Waals surface area contributed by atoms with Gasteiger partial charge in [0.2, 0.25) is 5.88 Å². The van der Waals surface area contributed by atoms with Gasteiger partial charge >= 0.3 is 6.18 Å². The van der Waals surface area contributed by atoms with Gasteiger partial charge in [0.25, 0.3) is 0 Å². The lowest BCUT2D eigenvalue weighted by Gasteiger charge is -2.17. The molecule has 0 amide bonds. The number of aryl methyl sites for hydroxylation is 1. The number of nitrogens with two attached hydrogens (primary N) is 1.